The molecule has 4 N–H and O–H groups in total. The van der Waals surface area contributed by atoms with Crippen LogP contribution in [-0.2, 0) is 19.1 Å². The normalized spacial score (nSPS) is 20.7. The maximum absolute atomic E-state index is 12.9. The smallest absolute Gasteiger partial charge is 0.413 e. The van der Waals surface area contributed by atoms with Crippen LogP contribution in [-0.4, -0.2) is 73.4 Å². The Morgan fingerprint density at radius 3 is 2.64 bits per heavy atom. The van der Waals surface area contributed by atoms with Crippen molar-refractivity contribution >= 4 is 57.7 Å². The van der Waals surface area contributed by atoms with Crippen LogP contribution in [0.1, 0.15) is 33.4 Å². The highest BCUT2D eigenvalue weighted by Gasteiger charge is 2.54. The lowest BCUT2D eigenvalue weighted by Crippen LogP contribution is -2.70. The van der Waals surface area contributed by atoms with Crippen LogP contribution in [0.3, 0.4) is 0 Å². The van der Waals surface area contributed by atoms with Crippen LogP contribution in [0.4, 0.5) is 9.93 Å². The first kappa shape index (κ1) is 24.7. The van der Waals surface area contributed by atoms with E-state index in [-0.39, 0.29) is 27.7 Å². The molecular weight excluding hydrogens is 472 g/mol. The first-order chi connectivity index (χ1) is 15.5. The van der Waals surface area contributed by atoms with E-state index >= 15 is 0 Å². The van der Waals surface area contributed by atoms with Gasteiger partial charge in [-0.2, -0.15) is 0 Å². The third kappa shape index (κ3) is 5.20. The molecule has 1 fully saturated rings. The fourth-order valence-electron chi connectivity index (χ4n) is 3.26. The molecule has 33 heavy (non-hydrogen) atoms. The Hall–Kier alpha value is -2.90. The van der Waals surface area contributed by atoms with Gasteiger partial charge < -0.3 is 20.3 Å². The van der Waals surface area contributed by atoms with Gasteiger partial charge in [0, 0.05) is 11.1 Å². The molecule has 1 saturated heterocycles. The molecule has 3 heterocycles. The fourth-order valence-corrected chi connectivity index (χ4v) is 5.30. The fraction of sp³-hybridized carbons (Fsp3) is 0.450. The van der Waals surface area contributed by atoms with E-state index in [9.17, 15) is 29.4 Å². The van der Waals surface area contributed by atoms with E-state index in [1.54, 1.807) is 33.1 Å². The number of ether oxygens (including phenoxy) is 1. The third-order valence-electron chi connectivity index (χ3n) is 4.65. The predicted octanol–water partition coefficient (Wildman–Crippen LogP) is 1.62. The molecule has 11 nitrogen and oxygen atoms in total. The molecule has 3 amide bonds. The zero-order valence-corrected chi connectivity index (χ0v) is 20.0. The minimum absolute atomic E-state index is 0.195. The van der Waals surface area contributed by atoms with Crippen molar-refractivity contribution in [3.05, 3.63) is 28.4 Å². The second-order valence-electron chi connectivity index (χ2n) is 8.14. The molecule has 1 aromatic rings. The number of β-lactam (4-membered cyclic amide) rings is 1. The van der Waals surface area contributed by atoms with Gasteiger partial charge in [-0.05, 0) is 33.3 Å². The molecule has 3 rings (SSSR count). The second kappa shape index (κ2) is 9.53. The van der Waals surface area contributed by atoms with Gasteiger partial charge in [0.25, 0.3) is 11.8 Å². The van der Waals surface area contributed by atoms with Gasteiger partial charge in [-0.15, -0.1) is 23.1 Å². The van der Waals surface area contributed by atoms with Crippen LogP contribution in [0, 0.1) is 0 Å². The Bertz CT molecular complexity index is 1060. The average Bonchev–Trinajstić information content (AvgIpc) is 3.17. The van der Waals surface area contributed by atoms with Gasteiger partial charge in [-0.25, -0.2) is 14.6 Å². The number of nitrogens with one attached hydrogen (secondary N) is 2. The van der Waals surface area contributed by atoms with E-state index in [1.807, 2.05) is 0 Å². The Labute approximate surface area is 197 Å². The molecule has 2 aliphatic heterocycles. The number of thiazole rings is 1. The first-order valence-corrected chi connectivity index (χ1v) is 11.8. The molecule has 13 heteroatoms. The van der Waals surface area contributed by atoms with Gasteiger partial charge in [0.15, 0.2) is 5.13 Å². The van der Waals surface area contributed by atoms with E-state index in [0.29, 0.717) is 5.69 Å². The Kier molecular flexibility index (Phi) is 7.14. The molecule has 0 bridgehead atoms. The number of rotatable bonds is 6. The van der Waals surface area contributed by atoms with Gasteiger partial charge in [0.05, 0.1) is 17.9 Å². The number of thioether (sulfide) groups is 1. The van der Waals surface area contributed by atoms with Crippen LogP contribution >= 0.6 is 23.1 Å². The van der Waals surface area contributed by atoms with Crippen molar-refractivity contribution in [1.82, 2.24) is 15.2 Å². The molecule has 2 aliphatic rings. The minimum Gasteiger partial charge on any atom is -0.477 e. The van der Waals surface area contributed by atoms with Gasteiger partial charge in [0.2, 0.25) is 0 Å². The lowest BCUT2D eigenvalue weighted by atomic mass is 10.0. The largest absolute Gasteiger partial charge is 0.477 e. The highest BCUT2D eigenvalue weighted by molar-refractivity contribution is 8.00. The summed E-state index contributed by atoms with van der Waals surface area (Å²) in [5, 5.41) is 25.2. The molecular formula is C20H24N4O7S2. The SMILES string of the molecule is C/C=C(\C(=O)N[C@@H]1C(=O)N2C(C(=O)O)=C(CO)CS[C@@H]12)c1csc(NC(=O)OC(C)(C)C)n1. The molecule has 0 aromatic carbocycles. The van der Waals surface area contributed by atoms with Crippen LogP contribution in [0.25, 0.3) is 5.57 Å². The van der Waals surface area contributed by atoms with Gasteiger partial charge >= 0.3 is 12.1 Å². The van der Waals surface area contributed by atoms with E-state index in [4.69, 9.17) is 4.74 Å². The van der Waals surface area contributed by atoms with Gasteiger partial charge in [-0.1, -0.05) is 6.08 Å². The summed E-state index contributed by atoms with van der Waals surface area (Å²) in [5.41, 5.74) is -0.156. The number of fused-ring (bicyclic) bond motifs is 1. The minimum atomic E-state index is -1.30. The summed E-state index contributed by atoms with van der Waals surface area (Å²) in [7, 11) is 0. The molecule has 0 unspecified atom stereocenters. The quantitative estimate of drug-likeness (QED) is 0.339. The predicted molar refractivity (Wildman–Crippen MR) is 122 cm³/mol. The van der Waals surface area contributed by atoms with Crippen LogP contribution in [0.2, 0.25) is 0 Å². The monoisotopic (exact) mass is 496 g/mol. The van der Waals surface area contributed by atoms with Crippen molar-refractivity contribution in [3.8, 4) is 0 Å². The van der Waals surface area contributed by atoms with Crippen molar-refractivity contribution in [2.24, 2.45) is 0 Å². The summed E-state index contributed by atoms with van der Waals surface area (Å²) in [6, 6.07) is -0.912. The number of hydrogen-bond acceptors (Lipinski definition) is 9. The molecule has 0 aliphatic carbocycles. The zero-order chi connectivity index (χ0) is 24.5. The second-order valence-corrected chi connectivity index (χ2v) is 10.1. The maximum Gasteiger partial charge on any atom is 0.413 e. The zero-order valence-electron chi connectivity index (χ0n) is 18.4. The summed E-state index contributed by atoms with van der Waals surface area (Å²) in [5.74, 6) is -2.19. The molecule has 0 spiro atoms. The van der Waals surface area contributed by atoms with E-state index in [2.05, 4.69) is 15.6 Å². The molecule has 178 valence electrons. The lowest BCUT2D eigenvalue weighted by molar-refractivity contribution is -0.150. The number of nitrogens with zero attached hydrogens (tertiary/aromatic N) is 2. The number of carbonyl (C=O) groups excluding carboxylic acids is 3. The lowest BCUT2D eigenvalue weighted by Gasteiger charge is -2.49. The summed E-state index contributed by atoms with van der Waals surface area (Å²) < 4.78 is 5.18. The number of aromatic nitrogens is 1. The van der Waals surface area contributed by atoms with E-state index < -0.39 is 47.5 Å². The number of hydrogen-bond donors (Lipinski definition) is 4. The number of carbonyl (C=O) groups is 4. The van der Waals surface area contributed by atoms with Crippen molar-refractivity contribution in [3.63, 3.8) is 0 Å². The summed E-state index contributed by atoms with van der Waals surface area (Å²) >= 11 is 2.38. The van der Waals surface area contributed by atoms with Crippen molar-refractivity contribution in [1.29, 1.82) is 0 Å². The number of carboxylic acids is 1. The Balaban J connectivity index is 1.68. The molecule has 0 saturated carbocycles. The van der Waals surface area contributed by atoms with E-state index in [0.717, 1.165) is 16.2 Å². The van der Waals surface area contributed by atoms with Crippen LogP contribution in [0.15, 0.2) is 22.7 Å². The van der Waals surface area contributed by atoms with E-state index in [1.165, 1.54) is 17.8 Å². The van der Waals surface area contributed by atoms with Crippen molar-refractivity contribution in [2.75, 3.05) is 17.7 Å². The first-order valence-electron chi connectivity index (χ1n) is 9.90. The number of allylic oxidation sites excluding steroid dienone is 1. The Morgan fingerprint density at radius 1 is 1.36 bits per heavy atom. The third-order valence-corrected chi connectivity index (χ3v) is 6.75. The highest BCUT2D eigenvalue weighted by Crippen LogP contribution is 2.40. The van der Waals surface area contributed by atoms with Crippen molar-refractivity contribution < 1.29 is 34.1 Å². The number of aliphatic carboxylic acids is 1. The number of aliphatic hydroxyl groups excluding tert-OH is 1. The number of anilines is 1. The average molecular weight is 497 g/mol. The standard InChI is InChI=1S/C20H24N4O7S2/c1-5-10(11-8-33-18(21-11)23-19(30)31-20(2,3)4)14(26)22-12-15(27)24-13(17(28)29)9(6-25)7-32-16(12)24/h5,8,12,16,25H,6-7H2,1-4H3,(H,22,26)(H,28,29)(H,21,23,30)/b10-5-/t12-,16+/m1/s1. The number of aliphatic hydroxyl groups is 1. The van der Waals surface area contributed by atoms with Crippen LogP contribution < -0.4 is 10.6 Å². The summed E-state index contributed by atoms with van der Waals surface area (Å²) in [6.07, 6.45) is 0.858. The number of amides is 3. The topological polar surface area (TPSA) is 158 Å². The molecule has 2 atom stereocenters. The maximum atomic E-state index is 12.9. The molecule has 0 radical (unpaired) electrons. The van der Waals surface area contributed by atoms with Gasteiger partial charge in [0.1, 0.15) is 22.7 Å². The number of carboxylic acid groups (broad SMARTS) is 1. The van der Waals surface area contributed by atoms with Crippen molar-refractivity contribution in [2.45, 2.75) is 44.7 Å². The highest BCUT2D eigenvalue weighted by atomic mass is 32.2. The Morgan fingerprint density at radius 2 is 2.06 bits per heavy atom. The van der Waals surface area contributed by atoms with Crippen LogP contribution in [0.5, 0.6) is 0 Å². The summed E-state index contributed by atoms with van der Waals surface area (Å²) in [6.45, 7) is 6.37. The molecule has 1 aromatic heterocycles. The summed E-state index contributed by atoms with van der Waals surface area (Å²) in [4.78, 5) is 54.3. The van der Waals surface area contributed by atoms with Gasteiger partial charge in [-0.3, -0.25) is 19.8 Å².